The number of fused-ring (bicyclic) bond motifs is 1. The van der Waals surface area contributed by atoms with Crippen LogP contribution in [0.3, 0.4) is 0 Å². The minimum atomic E-state index is 0.915. The summed E-state index contributed by atoms with van der Waals surface area (Å²) in [6.07, 6.45) is 16.8. The molecule has 1 fully saturated rings. The van der Waals surface area contributed by atoms with Gasteiger partial charge in [-0.1, -0.05) is 43.6 Å². The second-order valence-electron chi connectivity index (χ2n) is 4.93. The van der Waals surface area contributed by atoms with Crippen LogP contribution in [0, 0.1) is 11.8 Å². The highest BCUT2D eigenvalue weighted by molar-refractivity contribution is 5.19. The molecule has 0 amide bonds. The van der Waals surface area contributed by atoms with E-state index in [1.54, 1.807) is 5.57 Å². The predicted octanol–water partition coefficient (Wildman–Crippen LogP) is 4.48. The van der Waals surface area contributed by atoms with Gasteiger partial charge in [0.05, 0.1) is 0 Å². The number of hydrogen-bond acceptors (Lipinski definition) is 0. The van der Waals surface area contributed by atoms with Crippen molar-refractivity contribution >= 4 is 0 Å². The van der Waals surface area contributed by atoms with Gasteiger partial charge < -0.3 is 0 Å². The van der Waals surface area contributed by atoms with E-state index in [-0.39, 0.29) is 0 Å². The first-order valence-corrected chi connectivity index (χ1v) is 6.23. The maximum Gasteiger partial charge on any atom is -0.0174 e. The van der Waals surface area contributed by atoms with Gasteiger partial charge in [-0.2, -0.15) is 0 Å². The summed E-state index contributed by atoms with van der Waals surface area (Å²) in [4.78, 5) is 0. The van der Waals surface area contributed by atoms with E-state index in [0.29, 0.717) is 0 Å². The van der Waals surface area contributed by atoms with Crippen LogP contribution in [0.1, 0.15) is 51.9 Å². The number of hydrogen-bond donors (Lipinski definition) is 0. The van der Waals surface area contributed by atoms with Crippen LogP contribution in [0.15, 0.2) is 23.8 Å². The molecule has 2 rings (SSSR count). The van der Waals surface area contributed by atoms with Gasteiger partial charge in [-0.25, -0.2) is 0 Å². The van der Waals surface area contributed by atoms with Crippen LogP contribution in [0.25, 0.3) is 0 Å². The van der Waals surface area contributed by atoms with E-state index in [1.807, 2.05) is 0 Å². The van der Waals surface area contributed by atoms with Crippen LogP contribution in [0.2, 0.25) is 0 Å². The lowest BCUT2D eigenvalue weighted by molar-refractivity contribution is 0.413. The minimum Gasteiger partial charge on any atom is -0.0845 e. The predicted molar refractivity (Wildman–Crippen MR) is 62.2 cm³/mol. The quantitative estimate of drug-likeness (QED) is 0.528. The summed E-state index contributed by atoms with van der Waals surface area (Å²) in [5.74, 6) is 1.85. The van der Waals surface area contributed by atoms with Crippen LogP contribution in [0.4, 0.5) is 0 Å². The van der Waals surface area contributed by atoms with Crippen LogP contribution in [0.5, 0.6) is 0 Å². The Morgan fingerprint density at radius 1 is 1.14 bits per heavy atom. The highest BCUT2D eigenvalue weighted by Gasteiger charge is 2.26. The average molecular weight is 190 g/mol. The molecule has 0 heterocycles. The van der Waals surface area contributed by atoms with Crippen molar-refractivity contribution in [3.8, 4) is 0 Å². The Hall–Kier alpha value is -0.520. The molecule has 14 heavy (non-hydrogen) atoms. The van der Waals surface area contributed by atoms with Gasteiger partial charge in [0.2, 0.25) is 0 Å². The average Bonchev–Trinajstić information content (AvgIpc) is 2.55. The second kappa shape index (κ2) is 4.82. The third kappa shape index (κ3) is 2.29. The minimum absolute atomic E-state index is 0.915. The van der Waals surface area contributed by atoms with Crippen molar-refractivity contribution in [2.75, 3.05) is 0 Å². The molecule has 0 aromatic rings. The van der Waals surface area contributed by atoms with Crippen LogP contribution < -0.4 is 0 Å². The Morgan fingerprint density at radius 3 is 3.00 bits per heavy atom. The monoisotopic (exact) mass is 190 g/mol. The first-order chi connectivity index (χ1) is 6.88. The van der Waals surface area contributed by atoms with Crippen LogP contribution in [-0.4, -0.2) is 0 Å². The lowest BCUT2D eigenvalue weighted by atomic mass is 9.88. The molecular formula is C14H22. The van der Waals surface area contributed by atoms with Gasteiger partial charge >= 0.3 is 0 Å². The normalized spacial score (nSPS) is 39.6. The van der Waals surface area contributed by atoms with Gasteiger partial charge in [0.1, 0.15) is 0 Å². The van der Waals surface area contributed by atoms with E-state index in [9.17, 15) is 0 Å². The third-order valence-corrected chi connectivity index (χ3v) is 3.88. The standard InChI is InChI=1S/C14H22/c1-12-10-11-13-8-6-4-2-3-5-7-9-14(12)13/h4,6,8,12,14H,2-3,5,7,9-11H2,1H3/b6-4+,13-8-. The van der Waals surface area contributed by atoms with Gasteiger partial charge in [0, 0.05) is 0 Å². The summed E-state index contributed by atoms with van der Waals surface area (Å²) in [5.41, 5.74) is 1.73. The zero-order valence-electron chi connectivity index (χ0n) is 9.34. The van der Waals surface area contributed by atoms with Crippen molar-refractivity contribution in [1.82, 2.24) is 0 Å². The largest absolute Gasteiger partial charge is 0.0845 e. The first kappa shape index (κ1) is 10.0. The highest BCUT2D eigenvalue weighted by atomic mass is 14.3. The Kier molecular flexibility index (Phi) is 3.44. The Balaban J connectivity index is 2.09. The summed E-state index contributed by atoms with van der Waals surface area (Å²) in [6.45, 7) is 2.43. The van der Waals surface area contributed by atoms with Gasteiger partial charge in [-0.05, 0) is 43.9 Å². The summed E-state index contributed by atoms with van der Waals surface area (Å²) < 4.78 is 0. The smallest absolute Gasteiger partial charge is 0.0174 e. The molecule has 78 valence electrons. The summed E-state index contributed by atoms with van der Waals surface area (Å²) >= 11 is 0. The Morgan fingerprint density at radius 2 is 2.07 bits per heavy atom. The summed E-state index contributed by atoms with van der Waals surface area (Å²) in [6, 6.07) is 0. The molecule has 0 nitrogen and oxygen atoms in total. The molecule has 0 saturated heterocycles. The fourth-order valence-corrected chi connectivity index (χ4v) is 2.91. The fourth-order valence-electron chi connectivity index (χ4n) is 2.91. The van der Waals surface area contributed by atoms with E-state index in [0.717, 1.165) is 11.8 Å². The van der Waals surface area contributed by atoms with E-state index >= 15 is 0 Å². The summed E-state index contributed by atoms with van der Waals surface area (Å²) in [5, 5.41) is 0. The molecule has 0 aliphatic heterocycles. The maximum atomic E-state index is 2.43. The first-order valence-electron chi connectivity index (χ1n) is 6.23. The van der Waals surface area contributed by atoms with E-state index < -0.39 is 0 Å². The zero-order valence-corrected chi connectivity index (χ0v) is 9.34. The summed E-state index contributed by atoms with van der Waals surface area (Å²) in [7, 11) is 0. The molecule has 0 heteroatoms. The lowest BCUT2D eigenvalue weighted by Crippen LogP contribution is -2.06. The zero-order chi connectivity index (χ0) is 9.80. The van der Waals surface area contributed by atoms with Gasteiger partial charge in [-0.3, -0.25) is 0 Å². The molecule has 1 saturated carbocycles. The van der Waals surface area contributed by atoms with Crippen molar-refractivity contribution in [2.45, 2.75) is 51.9 Å². The van der Waals surface area contributed by atoms with Crippen molar-refractivity contribution in [1.29, 1.82) is 0 Å². The van der Waals surface area contributed by atoms with Gasteiger partial charge in [-0.15, -0.1) is 0 Å². The molecule has 2 unspecified atom stereocenters. The molecule has 0 N–H and O–H groups in total. The molecule has 0 spiro atoms. The SMILES string of the molecule is CC1CC/C2=C/C=C/CCCCCC21. The highest BCUT2D eigenvalue weighted by Crippen LogP contribution is 2.39. The molecule has 2 aliphatic carbocycles. The van der Waals surface area contributed by atoms with Crippen molar-refractivity contribution in [3.05, 3.63) is 23.8 Å². The van der Waals surface area contributed by atoms with E-state index in [4.69, 9.17) is 0 Å². The number of allylic oxidation sites excluding steroid dienone is 4. The van der Waals surface area contributed by atoms with E-state index in [1.165, 1.54) is 44.9 Å². The third-order valence-electron chi connectivity index (χ3n) is 3.88. The Labute approximate surface area is 88.1 Å². The molecule has 2 atom stereocenters. The van der Waals surface area contributed by atoms with Crippen molar-refractivity contribution in [3.63, 3.8) is 0 Å². The molecule has 0 bridgehead atoms. The fraction of sp³-hybridized carbons (Fsp3) is 0.714. The van der Waals surface area contributed by atoms with Gasteiger partial charge in [0.25, 0.3) is 0 Å². The lowest BCUT2D eigenvalue weighted by Gasteiger charge is -2.17. The molecule has 2 aliphatic rings. The Bertz CT molecular complexity index is 234. The number of rotatable bonds is 0. The topological polar surface area (TPSA) is 0 Å². The van der Waals surface area contributed by atoms with Crippen molar-refractivity contribution in [2.24, 2.45) is 11.8 Å². The van der Waals surface area contributed by atoms with E-state index in [2.05, 4.69) is 25.2 Å². The molecular weight excluding hydrogens is 168 g/mol. The molecule has 0 aromatic carbocycles. The van der Waals surface area contributed by atoms with Crippen LogP contribution in [-0.2, 0) is 0 Å². The maximum absolute atomic E-state index is 2.43. The van der Waals surface area contributed by atoms with Crippen LogP contribution >= 0.6 is 0 Å². The second-order valence-corrected chi connectivity index (χ2v) is 4.93. The van der Waals surface area contributed by atoms with Crippen molar-refractivity contribution < 1.29 is 0 Å². The molecule has 0 radical (unpaired) electrons. The van der Waals surface area contributed by atoms with Gasteiger partial charge in [0.15, 0.2) is 0 Å². The molecule has 0 aromatic heterocycles.